The van der Waals surface area contributed by atoms with Crippen LogP contribution in [0, 0.1) is 0 Å². The summed E-state index contributed by atoms with van der Waals surface area (Å²) in [4.78, 5) is 4.92. The van der Waals surface area contributed by atoms with Crippen LogP contribution in [0.25, 0.3) is 0 Å². The molecule has 0 bridgehead atoms. The van der Waals surface area contributed by atoms with E-state index in [-0.39, 0.29) is 6.04 Å². The molecule has 1 heterocycles. The Labute approximate surface area is 128 Å². The lowest BCUT2D eigenvalue weighted by Crippen LogP contribution is -2.49. The number of nitrogens with two attached hydrogens (primary N) is 1. The van der Waals surface area contributed by atoms with Crippen LogP contribution in [0.4, 0.5) is 0 Å². The van der Waals surface area contributed by atoms with Crippen LogP contribution in [0.1, 0.15) is 37.9 Å². The Balaban J connectivity index is 2.18. The standard InChI is InChI=1S/C17H29N3O/c1-5-21-17-7-6-15(14(3)18)10-16(17)12-20-9-8-19(4)11-13(20)2/h6-7,10,13-14H,5,8-9,11-12,18H2,1-4H3. The highest BCUT2D eigenvalue weighted by Crippen LogP contribution is 2.25. The van der Waals surface area contributed by atoms with E-state index >= 15 is 0 Å². The molecular formula is C17H29N3O. The number of hydrogen-bond acceptors (Lipinski definition) is 4. The highest BCUT2D eigenvalue weighted by molar-refractivity contribution is 5.38. The third-order valence-corrected chi connectivity index (χ3v) is 4.25. The summed E-state index contributed by atoms with van der Waals surface area (Å²) in [5, 5.41) is 0. The summed E-state index contributed by atoms with van der Waals surface area (Å²) in [7, 11) is 2.19. The average Bonchev–Trinajstić information content (AvgIpc) is 2.43. The van der Waals surface area contributed by atoms with Crippen molar-refractivity contribution in [1.82, 2.24) is 9.80 Å². The number of ether oxygens (including phenoxy) is 1. The molecule has 1 fully saturated rings. The maximum absolute atomic E-state index is 6.02. The average molecular weight is 291 g/mol. The van der Waals surface area contributed by atoms with Crippen LogP contribution in [-0.4, -0.2) is 49.1 Å². The maximum atomic E-state index is 6.02. The van der Waals surface area contributed by atoms with Gasteiger partial charge in [0.1, 0.15) is 5.75 Å². The molecular weight excluding hydrogens is 262 g/mol. The molecule has 1 saturated heterocycles. The number of hydrogen-bond donors (Lipinski definition) is 1. The van der Waals surface area contributed by atoms with E-state index in [0.29, 0.717) is 12.6 Å². The van der Waals surface area contributed by atoms with Crippen molar-refractivity contribution in [2.75, 3.05) is 33.3 Å². The molecule has 0 saturated carbocycles. The van der Waals surface area contributed by atoms with Crippen LogP contribution < -0.4 is 10.5 Å². The van der Waals surface area contributed by atoms with E-state index in [1.165, 1.54) is 11.1 Å². The lowest BCUT2D eigenvalue weighted by molar-refractivity contribution is 0.0928. The first-order chi connectivity index (χ1) is 10.0. The van der Waals surface area contributed by atoms with Crippen molar-refractivity contribution in [2.24, 2.45) is 5.73 Å². The van der Waals surface area contributed by atoms with Crippen molar-refractivity contribution in [3.05, 3.63) is 29.3 Å². The van der Waals surface area contributed by atoms with Crippen LogP contribution in [0.15, 0.2) is 18.2 Å². The Hall–Kier alpha value is -1.10. The molecule has 0 aliphatic carbocycles. The van der Waals surface area contributed by atoms with Gasteiger partial charge in [-0.05, 0) is 45.5 Å². The van der Waals surface area contributed by atoms with E-state index in [0.717, 1.165) is 31.9 Å². The zero-order chi connectivity index (χ0) is 15.4. The first kappa shape index (κ1) is 16.3. The van der Waals surface area contributed by atoms with E-state index in [2.05, 4.69) is 42.0 Å². The SMILES string of the molecule is CCOc1ccc(C(C)N)cc1CN1CCN(C)CC1C. The summed E-state index contributed by atoms with van der Waals surface area (Å²) >= 11 is 0. The molecule has 4 nitrogen and oxygen atoms in total. The van der Waals surface area contributed by atoms with Crippen molar-refractivity contribution in [3.8, 4) is 5.75 Å². The fourth-order valence-corrected chi connectivity index (χ4v) is 2.93. The zero-order valence-corrected chi connectivity index (χ0v) is 13.8. The normalized spacial score (nSPS) is 22.2. The second-order valence-corrected chi connectivity index (χ2v) is 6.17. The van der Waals surface area contributed by atoms with Gasteiger partial charge in [-0.25, -0.2) is 0 Å². The molecule has 0 spiro atoms. The largest absolute Gasteiger partial charge is 0.494 e. The minimum atomic E-state index is 0.0596. The molecule has 21 heavy (non-hydrogen) atoms. The Morgan fingerprint density at radius 3 is 2.76 bits per heavy atom. The van der Waals surface area contributed by atoms with Crippen molar-refractivity contribution in [2.45, 2.75) is 39.4 Å². The second-order valence-electron chi connectivity index (χ2n) is 6.17. The van der Waals surface area contributed by atoms with Gasteiger partial charge >= 0.3 is 0 Å². The smallest absolute Gasteiger partial charge is 0.123 e. The predicted molar refractivity (Wildman–Crippen MR) is 87.6 cm³/mol. The summed E-state index contributed by atoms with van der Waals surface area (Å²) in [6.07, 6.45) is 0. The Bertz CT molecular complexity index is 461. The molecule has 0 radical (unpaired) electrons. The van der Waals surface area contributed by atoms with Crippen LogP contribution in [0.3, 0.4) is 0 Å². The molecule has 1 aromatic rings. The number of likely N-dealkylation sites (N-methyl/N-ethyl adjacent to an activating group) is 1. The first-order valence-corrected chi connectivity index (χ1v) is 7.95. The quantitative estimate of drug-likeness (QED) is 0.903. The fourth-order valence-electron chi connectivity index (χ4n) is 2.93. The number of piperazine rings is 1. The number of nitrogens with zero attached hydrogens (tertiary/aromatic N) is 2. The Morgan fingerprint density at radius 1 is 1.38 bits per heavy atom. The molecule has 0 amide bonds. The van der Waals surface area contributed by atoms with Gasteiger partial charge in [0.2, 0.25) is 0 Å². The fraction of sp³-hybridized carbons (Fsp3) is 0.647. The van der Waals surface area contributed by atoms with E-state index < -0.39 is 0 Å². The molecule has 2 atom stereocenters. The summed E-state index contributed by atoms with van der Waals surface area (Å²) in [5.74, 6) is 0.994. The third kappa shape index (κ3) is 4.19. The van der Waals surface area contributed by atoms with Gasteiger partial charge in [0.05, 0.1) is 6.61 Å². The lowest BCUT2D eigenvalue weighted by Gasteiger charge is -2.38. The van der Waals surface area contributed by atoms with Gasteiger partial charge in [-0.15, -0.1) is 0 Å². The van der Waals surface area contributed by atoms with Gasteiger partial charge < -0.3 is 15.4 Å². The predicted octanol–water partition coefficient (Wildman–Crippen LogP) is 2.24. The zero-order valence-electron chi connectivity index (χ0n) is 13.8. The maximum Gasteiger partial charge on any atom is 0.123 e. The van der Waals surface area contributed by atoms with Crippen molar-refractivity contribution in [3.63, 3.8) is 0 Å². The minimum absolute atomic E-state index is 0.0596. The molecule has 2 rings (SSSR count). The highest BCUT2D eigenvalue weighted by Gasteiger charge is 2.22. The van der Waals surface area contributed by atoms with Crippen LogP contribution in [0.2, 0.25) is 0 Å². The van der Waals surface area contributed by atoms with Gasteiger partial charge in [-0.1, -0.05) is 6.07 Å². The first-order valence-electron chi connectivity index (χ1n) is 7.95. The van der Waals surface area contributed by atoms with Crippen molar-refractivity contribution >= 4 is 0 Å². The monoisotopic (exact) mass is 291 g/mol. The third-order valence-electron chi connectivity index (χ3n) is 4.25. The van der Waals surface area contributed by atoms with Crippen molar-refractivity contribution < 1.29 is 4.74 Å². The molecule has 118 valence electrons. The topological polar surface area (TPSA) is 41.7 Å². The van der Waals surface area contributed by atoms with Crippen LogP contribution >= 0.6 is 0 Å². The molecule has 1 aliphatic heterocycles. The molecule has 1 aromatic carbocycles. The Morgan fingerprint density at radius 2 is 2.14 bits per heavy atom. The van der Waals surface area contributed by atoms with E-state index in [1.807, 2.05) is 13.8 Å². The molecule has 2 N–H and O–H groups in total. The van der Waals surface area contributed by atoms with Gasteiger partial charge in [-0.3, -0.25) is 4.90 Å². The van der Waals surface area contributed by atoms with Gasteiger partial charge in [0, 0.05) is 43.8 Å². The molecule has 4 heteroatoms. The number of benzene rings is 1. The minimum Gasteiger partial charge on any atom is -0.494 e. The summed E-state index contributed by atoms with van der Waals surface area (Å²) in [6, 6.07) is 6.98. The number of rotatable bonds is 5. The summed E-state index contributed by atoms with van der Waals surface area (Å²) in [5.41, 5.74) is 8.45. The van der Waals surface area contributed by atoms with Crippen LogP contribution in [0.5, 0.6) is 5.75 Å². The summed E-state index contributed by atoms with van der Waals surface area (Å²) < 4.78 is 5.79. The van der Waals surface area contributed by atoms with E-state index in [1.54, 1.807) is 0 Å². The highest BCUT2D eigenvalue weighted by atomic mass is 16.5. The van der Waals surface area contributed by atoms with Crippen molar-refractivity contribution in [1.29, 1.82) is 0 Å². The molecule has 2 unspecified atom stereocenters. The van der Waals surface area contributed by atoms with E-state index in [4.69, 9.17) is 10.5 Å². The van der Waals surface area contributed by atoms with Crippen LogP contribution in [-0.2, 0) is 6.54 Å². The van der Waals surface area contributed by atoms with Gasteiger partial charge in [0.15, 0.2) is 0 Å². The Kier molecular flexibility index (Phi) is 5.62. The van der Waals surface area contributed by atoms with Gasteiger partial charge in [-0.2, -0.15) is 0 Å². The van der Waals surface area contributed by atoms with E-state index in [9.17, 15) is 0 Å². The molecule has 0 aromatic heterocycles. The second kappa shape index (κ2) is 7.25. The lowest BCUT2D eigenvalue weighted by atomic mass is 10.0. The molecule has 1 aliphatic rings. The summed E-state index contributed by atoms with van der Waals surface area (Å²) in [6.45, 7) is 11.3. The van der Waals surface area contributed by atoms with Gasteiger partial charge in [0.25, 0.3) is 0 Å².